The van der Waals surface area contributed by atoms with Gasteiger partial charge in [-0.15, -0.1) is 5.10 Å². The number of carbonyl (C=O) groups excluding carboxylic acids is 1. The van der Waals surface area contributed by atoms with Crippen molar-refractivity contribution in [2.45, 2.75) is 58.0 Å². The van der Waals surface area contributed by atoms with E-state index >= 15 is 0 Å². The summed E-state index contributed by atoms with van der Waals surface area (Å²) in [4.78, 5) is 22.7. The molecule has 2 heterocycles. The maximum Gasteiger partial charge on any atom is 0.407 e. The Morgan fingerprint density at radius 1 is 1.50 bits per heavy atom. The minimum atomic E-state index is -1.32. The number of hydrogen-bond acceptors (Lipinski definition) is 8. The number of nitro groups is 1. The number of alkyl halides is 1. The van der Waals surface area contributed by atoms with Gasteiger partial charge < -0.3 is 24.3 Å². The van der Waals surface area contributed by atoms with Gasteiger partial charge in [-0.25, -0.2) is 9.18 Å². The molecule has 1 aliphatic rings. The molecular weight excluding hydrogens is 403 g/mol. The number of nitrogens with zero attached hydrogens (tertiary/aromatic N) is 3. The summed E-state index contributed by atoms with van der Waals surface area (Å²) in [5.41, 5.74) is -0.777. The van der Waals surface area contributed by atoms with E-state index in [9.17, 15) is 19.3 Å². The third kappa shape index (κ3) is 6.26. The fourth-order valence-electron chi connectivity index (χ4n) is 2.97. The van der Waals surface area contributed by atoms with E-state index in [1.165, 1.54) is 18.7 Å². The molecule has 1 aromatic heterocycles. The van der Waals surface area contributed by atoms with Gasteiger partial charge in [-0.3, -0.25) is 14.8 Å². The number of nitrogens with one attached hydrogen (secondary N) is 1. The zero-order chi connectivity index (χ0) is 22.5. The first-order valence-electron chi connectivity index (χ1n) is 9.61. The van der Waals surface area contributed by atoms with Crippen LogP contribution in [0.3, 0.4) is 0 Å². The molecule has 3 unspecified atom stereocenters. The van der Waals surface area contributed by atoms with Crippen molar-refractivity contribution >= 4 is 11.8 Å². The summed E-state index contributed by atoms with van der Waals surface area (Å²) in [5.74, 6) is -0.226. The molecule has 1 aliphatic heterocycles. The largest absolute Gasteiger partial charge is 0.469 e. The van der Waals surface area contributed by atoms with Gasteiger partial charge in [0.15, 0.2) is 0 Å². The van der Waals surface area contributed by atoms with Gasteiger partial charge in [0, 0.05) is 13.7 Å². The van der Waals surface area contributed by atoms with Gasteiger partial charge in [0.1, 0.15) is 30.2 Å². The van der Waals surface area contributed by atoms with Gasteiger partial charge >= 0.3 is 17.7 Å². The number of carbonyl (C=O) groups is 1. The molecule has 1 aromatic rings. The van der Waals surface area contributed by atoms with Crippen LogP contribution in [0.1, 0.15) is 38.9 Å². The SMILES string of the molecule is COC(CNC(=O)OC(C)(C)C)COc1nn(C2CCOCC2F)c(C)c1[N+](=O)[O-]. The molecule has 0 saturated carbocycles. The Balaban J connectivity index is 2.06. The molecule has 170 valence electrons. The lowest BCUT2D eigenvalue weighted by Crippen LogP contribution is -2.39. The molecule has 0 spiro atoms. The van der Waals surface area contributed by atoms with E-state index in [-0.39, 0.29) is 37.0 Å². The molecule has 1 fully saturated rings. The van der Waals surface area contributed by atoms with Gasteiger partial charge in [0.2, 0.25) is 0 Å². The summed E-state index contributed by atoms with van der Waals surface area (Å²) in [6.45, 7) is 6.91. The molecule has 0 bridgehead atoms. The molecule has 0 aromatic carbocycles. The summed E-state index contributed by atoms with van der Waals surface area (Å²) in [6.07, 6.45) is -2.21. The van der Waals surface area contributed by atoms with Gasteiger partial charge in [0.05, 0.1) is 24.1 Å². The fraction of sp³-hybridized carbons (Fsp3) is 0.778. The second-order valence-corrected chi connectivity index (χ2v) is 7.94. The van der Waals surface area contributed by atoms with Crippen LogP contribution in [0, 0.1) is 17.0 Å². The first-order valence-corrected chi connectivity index (χ1v) is 9.61. The molecule has 1 N–H and O–H groups in total. The van der Waals surface area contributed by atoms with Crippen LogP contribution in [0.4, 0.5) is 14.9 Å². The number of halogens is 1. The van der Waals surface area contributed by atoms with Crippen LogP contribution in [0.2, 0.25) is 0 Å². The zero-order valence-electron chi connectivity index (χ0n) is 17.8. The average molecular weight is 432 g/mol. The first-order chi connectivity index (χ1) is 14.0. The van der Waals surface area contributed by atoms with Crippen molar-refractivity contribution in [2.75, 3.05) is 33.5 Å². The van der Waals surface area contributed by atoms with Gasteiger partial charge in [0.25, 0.3) is 0 Å². The van der Waals surface area contributed by atoms with Crippen LogP contribution in [0.5, 0.6) is 5.88 Å². The van der Waals surface area contributed by atoms with Crippen LogP contribution in [-0.2, 0) is 14.2 Å². The molecule has 30 heavy (non-hydrogen) atoms. The Morgan fingerprint density at radius 3 is 2.77 bits per heavy atom. The first kappa shape index (κ1) is 23.8. The molecule has 11 nitrogen and oxygen atoms in total. The van der Waals surface area contributed by atoms with E-state index in [4.69, 9.17) is 18.9 Å². The highest BCUT2D eigenvalue weighted by Crippen LogP contribution is 2.35. The summed E-state index contributed by atoms with van der Waals surface area (Å²) >= 11 is 0. The van der Waals surface area contributed by atoms with Crippen molar-refractivity contribution in [2.24, 2.45) is 0 Å². The average Bonchev–Trinajstić information content (AvgIpc) is 2.97. The molecule has 1 amide bonds. The lowest BCUT2D eigenvalue weighted by molar-refractivity contribution is -0.386. The highest BCUT2D eigenvalue weighted by atomic mass is 19.1. The molecule has 12 heteroatoms. The van der Waals surface area contributed by atoms with E-state index in [1.807, 2.05) is 0 Å². The quantitative estimate of drug-likeness (QED) is 0.490. The topological polar surface area (TPSA) is 127 Å². The van der Waals surface area contributed by atoms with Crippen molar-refractivity contribution in [3.05, 3.63) is 15.8 Å². The van der Waals surface area contributed by atoms with Crippen LogP contribution < -0.4 is 10.1 Å². The highest BCUT2D eigenvalue weighted by Gasteiger charge is 2.35. The number of methoxy groups -OCH3 is 1. The van der Waals surface area contributed by atoms with Crippen LogP contribution >= 0.6 is 0 Å². The Morgan fingerprint density at radius 2 is 2.20 bits per heavy atom. The van der Waals surface area contributed by atoms with E-state index < -0.39 is 34.9 Å². The summed E-state index contributed by atoms with van der Waals surface area (Å²) in [7, 11) is 1.42. The fourth-order valence-corrected chi connectivity index (χ4v) is 2.97. The van der Waals surface area contributed by atoms with E-state index in [0.717, 1.165) is 0 Å². The number of aromatic nitrogens is 2. The van der Waals surface area contributed by atoms with Crippen molar-refractivity contribution in [1.82, 2.24) is 15.1 Å². The molecule has 0 aliphatic carbocycles. The van der Waals surface area contributed by atoms with Crippen molar-refractivity contribution < 1.29 is 33.1 Å². The monoisotopic (exact) mass is 432 g/mol. The van der Waals surface area contributed by atoms with Crippen molar-refractivity contribution in [3.63, 3.8) is 0 Å². The summed E-state index contributed by atoms with van der Waals surface area (Å²) < 4.78 is 36.5. The third-order valence-electron chi connectivity index (χ3n) is 4.45. The minimum Gasteiger partial charge on any atom is -0.469 e. The lowest BCUT2D eigenvalue weighted by Gasteiger charge is -2.26. The predicted molar refractivity (Wildman–Crippen MR) is 104 cm³/mol. The number of rotatable bonds is 8. The Kier molecular flexibility index (Phi) is 7.96. The van der Waals surface area contributed by atoms with Gasteiger partial charge in [-0.1, -0.05) is 0 Å². The van der Waals surface area contributed by atoms with Gasteiger partial charge in [-0.05, 0) is 34.1 Å². The standard InChI is InChI=1S/C18H29FN4O7/c1-11-15(23(25)26)16(21-22(11)14-6-7-28-10-13(14)19)29-9-12(27-5)8-20-17(24)30-18(2,3)4/h12-14H,6-10H2,1-5H3,(H,20,24). The van der Waals surface area contributed by atoms with E-state index in [1.54, 1.807) is 20.8 Å². The summed E-state index contributed by atoms with van der Waals surface area (Å²) in [6, 6.07) is -0.665. The van der Waals surface area contributed by atoms with Crippen molar-refractivity contribution in [3.8, 4) is 5.88 Å². The smallest absolute Gasteiger partial charge is 0.407 e. The minimum absolute atomic E-state index is 0.0609. The second-order valence-electron chi connectivity index (χ2n) is 7.94. The van der Waals surface area contributed by atoms with E-state index in [2.05, 4.69) is 10.4 Å². The Labute approximate surface area is 173 Å². The molecule has 1 saturated heterocycles. The zero-order valence-corrected chi connectivity index (χ0v) is 17.8. The number of ether oxygens (including phenoxy) is 4. The van der Waals surface area contributed by atoms with Crippen molar-refractivity contribution in [1.29, 1.82) is 0 Å². The molecule has 3 atom stereocenters. The normalized spacial score (nSPS) is 20.5. The second kappa shape index (κ2) is 10.0. The van der Waals surface area contributed by atoms with Crippen LogP contribution in [-0.4, -0.2) is 72.1 Å². The maximum absolute atomic E-state index is 14.2. The third-order valence-corrected chi connectivity index (χ3v) is 4.45. The predicted octanol–water partition coefficient (Wildman–Crippen LogP) is 2.32. The van der Waals surface area contributed by atoms with Gasteiger partial charge in [-0.2, -0.15) is 0 Å². The lowest BCUT2D eigenvalue weighted by atomic mass is 10.1. The van der Waals surface area contributed by atoms with Crippen LogP contribution in [0.15, 0.2) is 0 Å². The number of amides is 1. The van der Waals surface area contributed by atoms with E-state index in [0.29, 0.717) is 13.0 Å². The molecule has 0 radical (unpaired) electrons. The number of hydrogen-bond donors (Lipinski definition) is 1. The Bertz CT molecular complexity index is 750. The van der Waals surface area contributed by atoms with Crippen LogP contribution in [0.25, 0.3) is 0 Å². The maximum atomic E-state index is 14.2. The molecule has 2 rings (SSSR count). The Hall–Kier alpha value is -2.47. The molecular formula is C18H29FN4O7. The highest BCUT2D eigenvalue weighted by molar-refractivity contribution is 5.67. The number of alkyl carbamates (subject to hydrolysis) is 1. The summed E-state index contributed by atoms with van der Waals surface area (Å²) in [5, 5.41) is 18.2.